The zero-order chi connectivity index (χ0) is 15.1. The normalized spacial score (nSPS) is 23.2. The molecular formula is C17H32N2O2. The van der Waals surface area contributed by atoms with Gasteiger partial charge in [-0.1, -0.05) is 38.5 Å². The SMILES string of the molecule is COC(=O)C(N)CCN(C1CCCCC1)C1CCCCC1. The van der Waals surface area contributed by atoms with E-state index in [-0.39, 0.29) is 5.97 Å². The number of ether oxygens (including phenoxy) is 1. The molecule has 0 heterocycles. The predicted octanol–water partition coefficient (Wildman–Crippen LogP) is 2.84. The van der Waals surface area contributed by atoms with Gasteiger partial charge in [0.2, 0.25) is 0 Å². The molecule has 0 aliphatic heterocycles. The van der Waals surface area contributed by atoms with Gasteiger partial charge in [0.25, 0.3) is 0 Å². The van der Waals surface area contributed by atoms with E-state index in [2.05, 4.69) is 4.90 Å². The van der Waals surface area contributed by atoms with Gasteiger partial charge in [-0.25, -0.2) is 0 Å². The molecule has 21 heavy (non-hydrogen) atoms. The Labute approximate surface area is 129 Å². The average molecular weight is 296 g/mol. The molecule has 0 aromatic carbocycles. The van der Waals surface area contributed by atoms with E-state index < -0.39 is 6.04 Å². The first-order chi connectivity index (χ1) is 10.2. The summed E-state index contributed by atoms with van der Waals surface area (Å²) >= 11 is 0. The number of nitrogens with zero attached hydrogens (tertiary/aromatic N) is 1. The molecule has 0 amide bonds. The van der Waals surface area contributed by atoms with Gasteiger partial charge in [-0.3, -0.25) is 9.69 Å². The Hall–Kier alpha value is -0.610. The van der Waals surface area contributed by atoms with Crippen molar-refractivity contribution in [2.45, 2.75) is 88.8 Å². The second-order valence-corrected chi connectivity index (χ2v) is 6.74. The minimum absolute atomic E-state index is 0.276. The van der Waals surface area contributed by atoms with E-state index in [1.807, 2.05) is 0 Å². The first kappa shape index (κ1) is 16.8. The lowest BCUT2D eigenvalue weighted by Crippen LogP contribution is -2.47. The Morgan fingerprint density at radius 2 is 1.52 bits per heavy atom. The summed E-state index contributed by atoms with van der Waals surface area (Å²) in [6.45, 7) is 0.950. The summed E-state index contributed by atoms with van der Waals surface area (Å²) in [5.74, 6) is -0.276. The number of hydrogen-bond donors (Lipinski definition) is 1. The van der Waals surface area contributed by atoms with Gasteiger partial charge in [-0.05, 0) is 32.1 Å². The Kier molecular flexibility index (Phi) is 6.97. The van der Waals surface area contributed by atoms with Crippen LogP contribution in [0.4, 0.5) is 0 Å². The largest absolute Gasteiger partial charge is 0.468 e. The van der Waals surface area contributed by atoms with E-state index in [0.717, 1.165) is 13.0 Å². The Morgan fingerprint density at radius 1 is 1.05 bits per heavy atom. The van der Waals surface area contributed by atoms with Gasteiger partial charge in [-0.15, -0.1) is 0 Å². The Balaban J connectivity index is 1.92. The topological polar surface area (TPSA) is 55.6 Å². The summed E-state index contributed by atoms with van der Waals surface area (Å²) in [4.78, 5) is 14.2. The highest BCUT2D eigenvalue weighted by molar-refractivity contribution is 5.75. The average Bonchev–Trinajstić information content (AvgIpc) is 2.56. The molecule has 2 rings (SSSR count). The van der Waals surface area contributed by atoms with Crippen LogP contribution in [0.15, 0.2) is 0 Å². The number of hydrogen-bond acceptors (Lipinski definition) is 4. The van der Waals surface area contributed by atoms with Crippen molar-refractivity contribution < 1.29 is 9.53 Å². The summed E-state index contributed by atoms with van der Waals surface area (Å²) in [6.07, 6.45) is 14.2. The molecule has 4 heteroatoms. The van der Waals surface area contributed by atoms with Crippen molar-refractivity contribution in [3.05, 3.63) is 0 Å². The molecule has 2 aliphatic carbocycles. The second kappa shape index (κ2) is 8.74. The molecule has 1 atom stereocenters. The third-order valence-electron chi connectivity index (χ3n) is 5.29. The van der Waals surface area contributed by atoms with E-state index in [0.29, 0.717) is 12.1 Å². The predicted molar refractivity (Wildman–Crippen MR) is 85.1 cm³/mol. The summed E-state index contributed by atoms with van der Waals surface area (Å²) in [7, 11) is 1.42. The third kappa shape index (κ3) is 4.96. The zero-order valence-electron chi connectivity index (χ0n) is 13.6. The first-order valence-corrected chi connectivity index (χ1v) is 8.81. The van der Waals surface area contributed by atoms with E-state index in [4.69, 9.17) is 10.5 Å². The van der Waals surface area contributed by atoms with Crippen molar-refractivity contribution in [2.75, 3.05) is 13.7 Å². The van der Waals surface area contributed by atoms with Crippen LogP contribution in [0.3, 0.4) is 0 Å². The maximum absolute atomic E-state index is 11.5. The molecule has 2 saturated carbocycles. The quantitative estimate of drug-likeness (QED) is 0.766. The van der Waals surface area contributed by atoms with Crippen LogP contribution in [0.25, 0.3) is 0 Å². The molecule has 0 saturated heterocycles. The molecule has 122 valence electrons. The van der Waals surface area contributed by atoms with Gasteiger partial charge in [0.05, 0.1) is 7.11 Å². The number of methoxy groups -OCH3 is 1. The third-order valence-corrected chi connectivity index (χ3v) is 5.29. The van der Waals surface area contributed by atoms with Crippen LogP contribution in [0.5, 0.6) is 0 Å². The van der Waals surface area contributed by atoms with Crippen molar-refractivity contribution in [2.24, 2.45) is 5.73 Å². The van der Waals surface area contributed by atoms with Crippen LogP contribution >= 0.6 is 0 Å². The highest BCUT2D eigenvalue weighted by Gasteiger charge is 2.29. The Morgan fingerprint density at radius 3 is 1.95 bits per heavy atom. The summed E-state index contributed by atoms with van der Waals surface area (Å²) < 4.78 is 4.75. The van der Waals surface area contributed by atoms with Gasteiger partial charge >= 0.3 is 5.97 Å². The summed E-state index contributed by atoms with van der Waals surface area (Å²) in [6, 6.07) is 0.961. The Bertz CT molecular complexity index is 292. The van der Waals surface area contributed by atoms with Crippen LogP contribution in [0.1, 0.15) is 70.6 Å². The molecular weight excluding hydrogens is 264 g/mol. The zero-order valence-corrected chi connectivity index (χ0v) is 13.6. The molecule has 0 bridgehead atoms. The molecule has 2 N–H and O–H groups in total. The van der Waals surface area contributed by atoms with Crippen LogP contribution in [0.2, 0.25) is 0 Å². The lowest BCUT2D eigenvalue weighted by atomic mass is 9.88. The fourth-order valence-electron chi connectivity index (χ4n) is 4.05. The molecule has 0 spiro atoms. The van der Waals surface area contributed by atoms with Crippen LogP contribution < -0.4 is 5.73 Å². The maximum atomic E-state index is 11.5. The van der Waals surface area contributed by atoms with Gasteiger partial charge in [-0.2, -0.15) is 0 Å². The fraction of sp³-hybridized carbons (Fsp3) is 0.941. The van der Waals surface area contributed by atoms with E-state index in [9.17, 15) is 4.79 Å². The molecule has 1 unspecified atom stereocenters. The van der Waals surface area contributed by atoms with Gasteiger partial charge < -0.3 is 10.5 Å². The molecule has 2 fully saturated rings. The van der Waals surface area contributed by atoms with Crippen LogP contribution in [0, 0.1) is 0 Å². The smallest absolute Gasteiger partial charge is 0.322 e. The maximum Gasteiger partial charge on any atom is 0.322 e. The lowest BCUT2D eigenvalue weighted by Gasteiger charge is -2.42. The minimum Gasteiger partial charge on any atom is -0.468 e. The highest BCUT2D eigenvalue weighted by atomic mass is 16.5. The lowest BCUT2D eigenvalue weighted by molar-refractivity contribution is -0.142. The van der Waals surface area contributed by atoms with Gasteiger partial charge in [0, 0.05) is 18.6 Å². The van der Waals surface area contributed by atoms with Crippen LogP contribution in [-0.4, -0.2) is 42.6 Å². The first-order valence-electron chi connectivity index (χ1n) is 8.81. The summed E-state index contributed by atoms with van der Waals surface area (Å²) in [5.41, 5.74) is 5.93. The van der Waals surface area contributed by atoms with E-state index in [1.54, 1.807) is 0 Å². The fourth-order valence-corrected chi connectivity index (χ4v) is 4.05. The standard InChI is InChI=1S/C17H32N2O2/c1-21-17(20)16(18)12-13-19(14-8-4-2-5-9-14)15-10-6-3-7-11-15/h14-16H,2-13,18H2,1H3. The summed E-state index contributed by atoms with van der Waals surface area (Å²) in [5, 5.41) is 0. The molecule has 0 aromatic heterocycles. The van der Waals surface area contributed by atoms with E-state index >= 15 is 0 Å². The van der Waals surface area contributed by atoms with Crippen molar-refractivity contribution in [3.8, 4) is 0 Å². The molecule has 0 aromatic rings. The van der Waals surface area contributed by atoms with Gasteiger partial charge in [0.15, 0.2) is 0 Å². The van der Waals surface area contributed by atoms with E-state index in [1.165, 1.54) is 71.3 Å². The number of rotatable bonds is 6. The molecule has 4 nitrogen and oxygen atoms in total. The van der Waals surface area contributed by atoms with Crippen LogP contribution in [-0.2, 0) is 9.53 Å². The monoisotopic (exact) mass is 296 g/mol. The number of nitrogens with two attached hydrogens (primary N) is 1. The van der Waals surface area contributed by atoms with Gasteiger partial charge in [0.1, 0.15) is 6.04 Å². The second-order valence-electron chi connectivity index (χ2n) is 6.74. The van der Waals surface area contributed by atoms with Crippen molar-refractivity contribution in [1.82, 2.24) is 4.90 Å². The highest BCUT2D eigenvalue weighted by Crippen LogP contribution is 2.30. The molecule has 2 aliphatic rings. The number of carbonyl (C=O) groups excluding carboxylic acids is 1. The molecule has 0 radical (unpaired) electrons. The number of carbonyl (C=O) groups is 1. The van der Waals surface area contributed by atoms with Crippen molar-refractivity contribution >= 4 is 5.97 Å². The number of esters is 1. The van der Waals surface area contributed by atoms with Crippen molar-refractivity contribution in [1.29, 1.82) is 0 Å². The van der Waals surface area contributed by atoms with Crippen molar-refractivity contribution in [3.63, 3.8) is 0 Å². The minimum atomic E-state index is -0.468.